The van der Waals surface area contributed by atoms with Crippen molar-refractivity contribution in [2.75, 3.05) is 26.4 Å². The molecule has 2 saturated heterocycles. The second-order valence-electron chi connectivity index (χ2n) is 15.6. The van der Waals surface area contributed by atoms with E-state index in [1.807, 2.05) is 0 Å². The average molecular weight is 843 g/mol. The molecule has 326 valence electrons. The van der Waals surface area contributed by atoms with Gasteiger partial charge in [0.1, 0.15) is 47.5 Å². The summed E-state index contributed by atoms with van der Waals surface area (Å²) in [6, 6.07) is 20.5. The van der Waals surface area contributed by atoms with Crippen LogP contribution in [0.3, 0.4) is 0 Å². The van der Waals surface area contributed by atoms with Gasteiger partial charge in [0.2, 0.25) is 0 Å². The molecular formula is C48H56F6O6. The van der Waals surface area contributed by atoms with Gasteiger partial charge in [-0.25, -0.2) is 8.78 Å². The third-order valence-corrected chi connectivity index (χ3v) is 11.0. The van der Waals surface area contributed by atoms with E-state index >= 15 is 26.3 Å². The average Bonchev–Trinajstić information content (AvgIpc) is 3.82. The van der Waals surface area contributed by atoms with Gasteiger partial charge in [-0.1, -0.05) is 114 Å². The van der Waals surface area contributed by atoms with Gasteiger partial charge in [0, 0.05) is 0 Å². The van der Waals surface area contributed by atoms with Gasteiger partial charge in [0.25, 0.3) is 0 Å². The van der Waals surface area contributed by atoms with E-state index < -0.39 is 72.6 Å². The van der Waals surface area contributed by atoms with E-state index in [-0.39, 0.29) is 0 Å². The number of hydrogen-bond donors (Lipinski definition) is 0. The molecule has 0 amide bonds. The summed E-state index contributed by atoms with van der Waals surface area (Å²) in [6.45, 7) is 4.63. The smallest absolute Gasteiger partial charge is 0.386 e. The van der Waals surface area contributed by atoms with Crippen molar-refractivity contribution in [1.29, 1.82) is 0 Å². The fourth-order valence-electron chi connectivity index (χ4n) is 7.63. The first-order chi connectivity index (χ1) is 29.0. The number of alkyl halides is 4. The molecule has 6 nitrogen and oxygen atoms in total. The van der Waals surface area contributed by atoms with Crippen molar-refractivity contribution in [2.45, 2.75) is 128 Å². The van der Waals surface area contributed by atoms with Gasteiger partial charge in [0.15, 0.2) is 0 Å². The molecule has 0 bridgehead atoms. The fourth-order valence-corrected chi connectivity index (χ4v) is 7.63. The molecule has 0 saturated carbocycles. The predicted molar refractivity (Wildman–Crippen MR) is 218 cm³/mol. The van der Waals surface area contributed by atoms with Crippen LogP contribution in [0, 0.1) is 11.6 Å². The van der Waals surface area contributed by atoms with Crippen LogP contribution >= 0.6 is 0 Å². The number of unbranched alkanes of at least 4 members (excludes halogenated alkanes) is 10. The van der Waals surface area contributed by atoms with Crippen LogP contribution in [0.15, 0.2) is 84.9 Å². The highest BCUT2D eigenvalue weighted by Gasteiger charge is 2.55. The van der Waals surface area contributed by atoms with E-state index in [4.69, 9.17) is 28.4 Å². The van der Waals surface area contributed by atoms with Gasteiger partial charge in [0.05, 0.1) is 37.6 Å². The van der Waals surface area contributed by atoms with Crippen molar-refractivity contribution in [3.05, 3.63) is 108 Å². The Morgan fingerprint density at radius 2 is 0.833 bits per heavy atom. The van der Waals surface area contributed by atoms with Gasteiger partial charge in [-0.3, -0.25) is 0 Å². The number of fused-ring (bicyclic) bond motifs is 1. The van der Waals surface area contributed by atoms with Gasteiger partial charge in [-0.2, -0.15) is 17.6 Å². The first-order valence-electron chi connectivity index (χ1n) is 21.4. The van der Waals surface area contributed by atoms with Gasteiger partial charge >= 0.3 is 12.2 Å². The Bertz CT molecular complexity index is 1780. The summed E-state index contributed by atoms with van der Waals surface area (Å²) in [4.78, 5) is 0. The molecule has 0 unspecified atom stereocenters. The molecule has 12 heteroatoms. The van der Waals surface area contributed by atoms with Gasteiger partial charge in [-0.15, -0.1) is 0 Å². The van der Waals surface area contributed by atoms with Gasteiger partial charge < -0.3 is 28.4 Å². The molecule has 4 atom stereocenters. The first-order valence-corrected chi connectivity index (χ1v) is 21.4. The van der Waals surface area contributed by atoms with E-state index in [1.54, 1.807) is 48.5 Å². The van der Waals surface area contributed by atoms with E-state index in [0.29, 0.717) is 47.0 Å². The van der Waals surface area contributed by atoms with Crippen LogP contribution in [-0.2, 0) is 31.2 Å². The largest absolute Gasteiger partial charge is 0.494 e. The third kappa shape index (κ3) is 12.0. The van der Waals surface area contributed by atoms with E-state index in [1.165, 1.54) is 63.5 Å². The number of ether oxygens (including phenoxy) is 6. The molecule has 0 spiro atoms. The lowest BCUT2D eigenvalue weighted by Gasteiger charge is -2.25. The topological polar surface area (TPSA) is 55.4 Å². The molecule has 2 aliphatic heterocycles. The van der Waals surface area contributed by atoms with Crippen LogP contribution in [0.2, 0.25) is 0 Å². The maximum atomic E-state index is 15.5. The highest BCUT2D eigenvalue weighted by molar-refractivity contribution is 5.65. The lowest BCUT2D eigenvalue weighted by Crippen LogP contribution is -2.39. The summed E-state index contributed by atoms with van der Waals surface area (Å²) >= 11 is 0. The quantitative estimate of drug-likeness (QED) is 0.0517. The monoisotopic (exact) mass is 842 g/mol. The Morgan fingerprint density at radius 3 is 1.20 bits per heavy atom. The molecule has 4 aromatic rings. The van der Waals surface area contributed by atoms with Crippen LogP contribution in [0.5, 0.6) is 11.5 Å². The molecule has 0 aliphatic carbocycles. The molecule has 2 fully saturated rings. The van der Waals surface area contributed by atoms with Crippen LogP contribution in [0.25, 0.3) is 22.3 Å². The molecule has 6 rings (SSSR count). The zero-order valence-electron chi connectivity index (χ0n) is 34.4. The lowest BCUT2D eigenvalue weighted by atomic mass is 10.0. The molecule has 2 heterocycles. The van der Waals surface area contributed by atoms with Crippen LogP contribution < -0.4 is 9.47 Å². The zero-order chi connectivity index (χ0) is 42.5. The minimum Gasteiger partial charge on any atom is -0.494 e. The summed E-state index contributed by atoms with van der Waals surface area (Å²) in [5.74, 6) is -1.06. The zero-order valence-corrected chi connectivity index (χ0v) is 34.4. The van der Waals surface area contributed by atoms with E-state index in [9.17, 15) is 0 Å². The molecule has 60 heavy (non-hydrogen) atoms. The van der Waals surface area contributed by atoms with Crippen LogP contribution in [0.1, 0.15) is 102 Å². The van der Waals surface area contributed by atoms with Crippen molar-refractivity contribution >= 4 is 0 Å². The molecular weight excluding hydrogens is 787 g/mol. The standard InChI is InChI=1S/C48H56F6O6/c1-3-5-7-9-11-13-27-55-37-21-15-33(16-22-37)35-19-25-39(41(49)29-35)47(51,52)59-43-31-57-46-44(32-58-45(43)46)60-48(53,54)40-26-20-36(30-42(40)50)34-17-23-38(24-18-34)56-28-14-12-10-8-6-4-2/h15-26,29-30,43-46H,3-14,27-28,31-32H2,1-2H3/t43-,44+,45-,46-/m0/s1. The molecule has 2 aliphatic rings. The number of rotatable bonds is 24. The van der Waals surface area contributed by atoms with Crippen molar-refractivity contribution < 1.29 is 54.8 Å². The van der Waals surface area contributed by atoms with Crippen LogP contribution in [-0.4, -0.2) is 50.8 Å². The fraction of sp³-hybridized carbons (Fsp3) is 0.500. The Kier molecular flexibility index (Phi) is 16.4. The minimum absolute atomic E-state index is 0.378. The van der Waals surface area contributed by atoms with E-state index in [0.717, 1.165) is 49.9 Å². The summed E-state index contributed by atoms with van der Waals surface area (Å²) in [7, 11) is 0. The molecule has 0 N–H and O–H groups in total. The Balaban J connectivity index is 0.991. The van der Waals surface area contributed by atoms with Gasteiger partial charge in [-0.05, 0) is 83.6 Å². The van der Waals surface area contributed by atoms with Crippen molar-refractivity contribution in [3.63, 3.8) is 0 Å². The van der Waals surface area contributed by atoms with Crippen molar-refractivity contribution in [3.8, 4) is 33.8 Å². The second-order valence-corrected chi connectivity index (χ2v) is 15.6. The van der Waals surface area contributed by atoms with Crippen molar-refractivity contribution in [2.24, 2.45) is 0 Å². The highest BCUT2D eigenvalue weighted by Crippen LogP contribution is 2.42. The Morgan fingerprint density at radius 1 is 0.483 bits per heavy atom. The summed E-state index contributed by atoms with van der Waals surface area (Å²) in [6.07, 6.45) is 0.211. The maximum Gasteiger partial charge on any atom is 0.386 e. The number of halogens is 6. The maximum absolute atomic E-state index is 15.5. The van der Waals surface area contributed by atoms with Crippen molar-refractivity contribution in [1.82, 2.24) is 0 Å². The second kappa shape index (κ2) is 21.6. The minimum atomic E-state index is -4.11. The predicted octanol–water partition coefficient (Wildman–Crippen LogP) is 13.1. The SMILES string of the molecule is CCCCCCCCOc1ccc(-c2ccc(C(F)(F)O[C@H]3CO[C@@H]4[C@H]3OC[C@H]4OC(F)(F)c3ccc(-c4ccc(OCCCCCCCC)cc4)cc3F)c(F)c2)cc1. The molecule has 4 aromatic carbocycles. The normalized spacial score (nSPS) is 19.1. The highest BCUT2D eigenvalue weighted by atomic mass is 19.3. The number of benzene rings is 4. The van der Waals surface area contributed by atoms with Crippen LogP contribution in [0.4, 0.5) is 26.3 Å². The first kappa shape index (κ1) is 45.4. The Hall–Kier alpha value is -4.10. The Labute approximate surface area is 349 Å². The molecule has 0 aromatic heterocycles. The van der Waals surface area contributed by atoms with E-state index in [2.05, 4.69) is 13.8 Å². The number of hydrogen-bond acceptors (Lipinski definition) is 6. The third-order valence-electron chi connectivity index (χ3n) is 11.0. The summed E-state index contributed by atoms with van der Waals surface area (Å²) in [5.41, 5.74) is -0.0339. The molecule has 0 radical (unpaired) electrons. The summed E-state index contributed by atoms with van der Waals surface area (Å²) < 4.78 is 125. The summed E-state index contributed by atoms with van der Waals surface area (Å²) in [5, 5.41) is 0. The lowest BCUT2D eigenvalue weighted by molar-refractivity contribution is -0.287.